The van der Waals surface area contributed by atoms with Crippen molar-refractivity contribution in [3.05, 3.63) is 97.1 Å². The number of fused-ring (bicyclic) bond motifs is 3. The first-order valence-corrected chi connectivity index (χ1v) is 8.29. The minimum atomic E-state index is -0.990. The van der Waals surface area contributed by atoms with Gasteiger partial charge in [0.1, 0.15) is 5.69 Å². The molecule has 0 aliphatic carbocycles. The molecule has 2 aromatic carbocycles. The van der Waals surface area contributed by atoms with Gasteiger partial charge < -0.3 is 9.67 Å². The molecule has 0 fully saturated rings. The first-order valence-electron chi connectivity index (χ1n) is 8.29. The molecule has 0 amide bonds. The monoisotopic (exact) mass is 550 g/mol. The van der Waals surface area contributed by atoms with Gasteiger partial charge in [-0.2, -0.15) is 24.3 Å². The summed E-state index contributed by atoms with van der Waals surface area (Å²) < 4.78 is 4.21. The standard InChI is InChI=1S/C15H10N3.C6H5NO2.Pt/c1-2-6-12(7-3-1)18-14-9-5-4-8-13(14)17-11-10-16-15(17)18;8-6(9)5-3-1-2-4-7-5;/h1-6,8-11H;1-4H,(H,8,9);/q-1;;. The number of nitrogens with zero attached hydrogens (tertiary/aromatic N) is 4. The Kier molecular flexibility index (Phi) is 6.02. The van der Waals surface area contributed by atoms with E-state index < -0.39 is 5.97 Å². The van der Waals surface area contributed by atoms with Crippen molar-refractivity contribution in [1.82, 2.24) is 18.9 Å². The maximum Gasteiger partial charge on any atom is 0.354 e. The van der Waals surface area contributed by atoms with Gasteiger partial charge in [0, 0.05) is 39.7 Å². The van der Waals surface area contributed by atoms with Crippen LogP contribution in [0.1, 0.15) is 10.5 Å². The Morgan fingerprint density at radius 3 is 2.29 bits per heavy atom. The summed E-state index contributed by atoms with van der Waals surface area (Å²) in [6.45, 7) is 0. The van der Waals surface area contributed by atoms with Crippen LogP contribution in [-0.2, 0) is 21.1 Å². The average Bonchev–Trinajstić information content (AvgIpc) is 3.30. The molecule has 0 aliphatic heterocycles. The molecular formula is C21H15N4O2Pt-. The van der Waals surface area contributed by atoms with Crippen LogP contribution in [0.4, 0.5) is 0 Å². The molecule has 0 spiro atoms. The minimum absolute atomic E-state index is 0. The van der Waals surface area contributed by atoms with E-state index in [1.165, 1.54) is 12.3 Å². The van der Waals surface area contributed by atoms with E-state index in [-0.39, 0.29) is 26.8 Å². The van der Waals surface area contributed by atoms with Crippen molar-refractivity contribution in [2.75, 3.05) is 0 Å². The summed E-state index contributed by atoms with van der Waals surface area (Å²) in [5.41, 5.74) is 3.39. The third-order valence-electron chi connectivity index (χ3n) is 4.02. The van der Waals surface area contributed by atoms with E-state index in [2.05, 4.69) is 37.1 Å². The van der Waals surface area contributed by atoms with Crippen LogP contribution < -0.4 is 0 Å². The predicted octanol–water partition coefficient (Wildman–Crippen LogP) is 3.86. The topological polar surface area (TPSA) is 72.4 Å². The van der Waals surface area contributed by atoms with E-state index in [1.54, 1.807) is 12.1 Å². The largest absolute Gasteiger partial charge is 0.477 e. The van der Waals surface area contributed by atoms with Crippen molar-refractivity contribution in [2.45, 2.75) is 0 Å². The Bertz CT molecular complexity index is 1200. The summed E-state index contributed by atoms with van der Waals surface area (Å²) in [6.07, 6.45) is 5.25. The minimum Gasteiger partial charge on any atom is -0.477 e. The Morgan fingerprint density at radius 1 is 0.893 bits per heavy atom. The number of rotatable bonds is 2. The molecule has 0 saturated carbocycles. The third-order valence-corrected chi connectivity index (χ3v) is 4.02. The van der Waals surface area contributed by atoms with Crippen molar-refractivity contribution in [1.29, 1.82) is 0 Å². The molecule has 7 heteroatoms. The van der Waals surface area contributed by atoms with E-state index in [0.29, 0.717) is 0 Å². The zero-order chi connectivity index (χ0) is 18.6. The smallest absolute Gasteiger partial charge is 0.354 e. The van der Waals surface area contributed by atoms with Crippen LogP contribution in [0.5, 0.6) is 0 Å². The SMILES string of the molecule is O=C(O)c1ccccn1.[Pt].[c-]1ccccc1-n1c2ccccc2n2ccnc12. The summed E-state index contributed by atoms with van der Waals surface area (Å²) >= 11 is 0. The molecule has 0 unspecified atom stereocenters. The second-order valence-electron chi connectivity index (χ2n) is 5.69. The van der Waals surface area contributed by atoms with E-state index in [0.717, 1.165) is 22.5 Å². The molecule has 3 aromatic heterocycles. The first kappa shape index (κ1) is 19.5. The number of para-hydroxylation sites is 3. The van der Waals surface area contributed by atoms with Gasteiger partial charge in [-0.25, -0.2) is 14.8 Å². The summed E-state index contributed by atoms with van der Waals surface area (Å²) in [5.74, 6) is -0.0748. The first-order chi connectivity index (χ1) is 13.3. The number of aromatic carboxylic acids is 1. The molecule has 1 N–H and O–H groups in total. The van der Waals surface area contributed by atoms with Gasteiger partial charge in [0.2, 0.25) is 5.78 Å². The van der Waals surface area contributed by atoms with Crippen LogP contribution in [0, 0.1) is 6.07 Å². The Balaban J connectivity index is 0.000000193. The van der Waals surface area contributed by atoms with E-state index in [9.17, 15) is 4.79 Å². The van der Waals surface area contributed by atoms with E-state index in [4.69, 9.17) is 5.11 Å². The molecule has 142 valence electrons. The summed E-state index contributed by atoms with van der Waals surface area (Å²) in [6, 6.07) is 24.2. The number of hydrogen-bond donors (Lipinski definition) is 1. The van der Waals surface area contributed by atoms with Crippen LogP contribution in [0.15, 0.2) is 85.3 Å². The molecule has 0 radical (unpaired) electrons. The fraction of sp³-hybridized carbons (Fsp3) is 0. The van der Waals surface area contributed by atoms with Gasteiger partial charge in [-0.1, -0.05) is 23.9 Å². The molecule has 6 nitrogen and oxygen atoms in total. The van der Waals surface area contributed by atoms with Crippen LogP contribution in [0.3, 0.4) is 0 Å². The number of carboxylic acids is 1. The van der Waals surface area contributed by atoms with E-state index >= 15 is 0 Å². The predicted molar refractivity (Wildman–Crippen MR) is 102 cm³/mol. The quantitative estimate of drug-likeness (QED) is 0.339. The van der Waals surface area contributed by atoms with Gasteiger partial charge in [-0.05, 0) is 24.3 Å². The molecule has 3 heterocycles. The van der Waals surface area contributed by atoms with Crippen molar-refractivity contribution < 1.29 is 31.0 Å². The molecule has 0 atom stereocenters. The Morgan fingerprint density at radius 2 is 1.64 bits per heavy atom. The molecule has 28 heavy (non-hydrogen) atoms. The maximum absolute atomic E-state index is 10.1. The van der Waals surface area contributed by atoms with Gasteiger partial charge in [-0.3, -0.25) is 4.40 Å². The number of imidazole rings is 2. The number of aromatic nitrogens is 4. The van der Waals surface area contributed by atoms with Crippen molar-refractivity contribution in [3.63, 3.8) is 0 Å². The van der Waals surface area contributed by atoms with Gasteiger partial charge in [0.05, 0.1) is 11.0 Å². The molecule has 5 rings (SSSR count). The fourth-order valence-electron chi connectivity index (χ4n) is 2.86. The maximum atomic E-state index is 10.1. The zero-order valence-corrected chi connectivity index (χ0v) is 16.8. The van der Waals surface area contributed by atoms with Crippen molar-refractivity contribution >= 4 is 22.8 Å². The molecule has 0 saturated heterocycles. The summed E-state index contributed by atoms with van der Waals surface area (Å²) in [5, 5.41) is 8.32. The Labute approximate surface area is 175 Å². The van der Waals surface area contributed by atoms with Gasteiger partial charge in [0.25, 0.3) is 0 Å². The number of hydrogen-bond acceptors (Lipinski definition) is 3. The second kappa shape index (κ2) is 8.63. The zero-order valence-electron chi connectivity index (χ0n) is 14.5. The molecule has 0 bridgehead atoms. The van der Waals surface area contributed by atoms with Crippen LogP contribution >= 0.6 is 0 Å². The van der Waals surface area contributed by atoms with Crippen molar-refractivity contribution in [3.8, 4) is 5.69 Å². The molecule has 0 aliphatic rings. The van der Waals surface area contributed by atoms with Crippen molar-refractivity contribution in [2.24, 2.45) is 0 Å². The molecular weight excluding hydrogens is 535 g/mol. The molecule has 5 aromatic rings. The average molecular weight is 550 g/mol. The van der Waals surface area contributed by atoms with Gasteiger partial charge >= 0.3 is 5.97 Å². The van der Waals surface area contributed by atoms with Gasteiger partial charge in [-0.15, -0.1) is 6.07 Å². The number of pyridine rings is 1. The van der Waals surface area contributed by atoms with Crippen LogP contribution in [-0.4, -0.2) is 30.0 Å². The third kappa shape index (κ3) is 3.73. The number of carboxylic acid groups (broad SMARTS) is 1. The number of carbonyl (C=O) groups is 1. The summed E-state index contributed by atoms with van der Waals surface area (Å²) in [7, 11) is 0. The van der Waals surface area contributed by atoms with Gasteiger partial charge in [0.15, 0.2) is 0 Å². The van der Waals surface area contributed by atoms with Crippen LogP contribution in [0.2, 0.25) is 0 Å². The number of benzene rings is 2. The Hall–Kier alpha value is -3.24. The normalized spacial score (nSPS) is 10.1. The summed E-state index contributed by atoms with van der Waals surface area (Å²) in [4.78, 5) is 18.2. The fourth-order valence-corrected chi connectivity index (χ4v) is 2.86. The second-order valence-corrected chi connectivity index (χ2v) is 5.69. The van der Waals surface area contributed by atoms with Crippen LogP contribution in [0.25, 0.3) is 22.5 Å². The van der Waals surface area contributed by atoms with E-state index in [1.807, 2.05) is 48.8 Å².